The summed E-state index contributed by atoms with van der Waals surface area (Å²) in [5, 5.41) is -0.561. The first-order valence-corrected chi connectivity index (χ1v) is 12.2. The Morgan fingerprint density at radius 1 is 0.960 bits per heavy atom. The monoisotopic (exact) mass is 362 g/mol. The topological polar surface area (TPSA) is 54.4 Å². The number of hydrogen-bond donors (Lipinski definition) is 1. The molecule has 9 aliphatic carbocycles. The summed E-state index contributed by atoms with van der Waals surface area (Å²) in [6.45, 7) is 0. The van der Waals surface area contributed by atoms with Gasteiger partial charge in [-0.25, -0.2) is 0 Å². The molecule has 6 fully saturated rings. The van der Waals surface area contributed by atoms with Gasteiger partial charge in [-0.2, -0.15) is 8.42 Å². The SMILES string of the molecule is O=S(=O)(O)C1CC23C4CCC5C1=C(CCC5C4)C2CCC1CCCC13. The minimum absolute atomic E-state index is 0.197. The Hall–Kier alpha value is -0.350. The van der Waals surface area contributed by atoms with Crippen LogP contribution in [0.15, 0.2) is 11.1 Å². The van der Waals surface area contributed by atoms with Gasteiger partial charge in [-0.05, 0) is 104 Å². The Balaban J connectivity index is 1.63. The second kappa shape index (κ2) is 4.92. The smallest absolute Gasteiger partial charge is 0.271 e. The Morgan fingerprint density at radius 2 is 1.84 bits per heavy atom. The first kappa shape index (κ1) is 15.7. The minimum Gasteiger partial charge on any atom is -0.285 e. The molecule has 0 aromatic heterocycles. The van der Waals surface area contributed by atoms with E-state index in [9.17, 15) is 13.0 Å². The summed E-state index contributed by atoms with van der Waals surface area (Å²) in [7, 11) is -3.98. The lowest BCUT2D eigenvalue weighted by atomic mass is 9.39. The fourth-order valence-corrected chi connectivity index (χ4v) is 10.4. The Morgan fingerprint density at radius 3 is 2.68 bits per heavy atom. The molecule has 3 nitrogen and oxygen atoms in total. The van der Waals surface area contributed by atoms with Crippen molar-refractivity contribution in [2.45, 2.75) is 75.9 Å². The molecule has 1 spiro atoms. The first-order chi connectivity index (χ1) is 12.0. The van der Waals surface area contributed by atoms with Gasteiger partial charge < -0.3 is 0 Å². The summed E-state index contributed by atoms with van der Waals surface area (Å²) < 4.78 is 35.2. The van der Waals surface area contributed by atoms with Crippen LogP contribution in [0, 0.1) is 40.9 Å². The molecule has 9 aliphatic rings. The van der Waals surface area contributed by atoms with Gasteiger partial charge in [0.15, 0.2) is 0 Å². The van der Waals surface area contributed by atoms with Gasteiger partial charge in [0.1, 0.15) is 5.25 Å². The third-order valence-electron chi connectivity index (χ3n) is 9.79. The van der Waals surface area contributed by atoms with E-state index >= 15 is 0 Å². The Kier molecular flexibility index (Phi) is 3.09. The highest BCUT2D eigenvalue weighted by Gasteiger charge is 2.65. The largest absolute Gasteiger partial charge is 0.285 e. The standard InChI is InChI=1S/C21H30O3S/c22-25(23,24)19-11-21-14-6-8-15-13(10-14)4-7-16(20(15)19)18(21)9-5-12-2-1-3-17(12)21/h12-15,17-19H,1-11H2,(H,22,23,24). The van der Waals surface area contributed by atoms with Crippen molar-refractivity contribution in [3.05, 3.63) is 11.1 Å². The van der Waals surface area contributed by atoms with Crippen molar-refractivity contribution in [3.8, 4) is 0 Å². The summed E-state index contributed by atoms with van der Waals surface area (Å²) in [5.41, 5.74) is 2.96. The summed E-state index contributed by atoms with van der Waals surface area (Å²) in [5.74, 6) is 4.08. The maximum Gasteiger partial charge on any atom is 0.271 e. The summed E-state index contributed by atoms with van der Waals surface area (Å²) in [4.78, 5) is 0. The lowest BCUT2D eigenvalue weighted by Gasteiger charge is -2.66. The average Bonchev–Trinajstić information content (AvgIpc) is 3.05. The van der Waals surface area contributed by atoms with Crippen LogP contribution >= 0.6 is 0 Å². The van der Waals surface area contributed by atoms with Gasteiger partial charge in [0.05, 0.1) is 0 Å². The molecular weight excluding hydrogens is 332 g/mol. The number of rotatable bonds is 1. The molecule has 8 unspecified atom stereocenters. The molecule has 138 valence electrons. The number of hydrogen-bond acceptors (Lipinski definition) is 2. The zero-order valence-corrected chi connectivity index (χ0v) is 15.8. The predicted octanol–water partition coefficient (Wildman–Crippen LogP) is 4.60. The van der Waals surface area contributed by atoms with Crippen molar-refractivity contribution in [2.75, 3.05) is 0 Å². The maximum absolute atomic E-state index is 12.5. The van der Waals surface area contributed by atoms with Gasteiger partial charge in [-0.3, -0.25) is 4.55 Å². The molecule has 6 bridgehead atoms. The van der Waals surface area contributed by atoms with E-state index in [2.05, 4.69) is 0 Å². The van der Waals surface area contributed by atoms with Crippen LogP contribution in [0.3, 0.4) is 0 Å². The zero-order chi connectivity index (χ0) is 17.0. The molecule has 0 aliphatic heterocycles. The Labute approximate surface area is 151 Å². The molecular formula is C21H30O3S. The number of fused-ring (bicyclic) bond motifs is 2. The second-order valence-corrected chi connectivity index (χ2v) is 11.7. The van der Waals surface area contributed by atoms with E-state index < -0.39 is 15.4 Å². The quantitative estimate of drug-likeness (QED) is 0.548. The van der Waals surface area contributed by atoms with Crippen LogP contribution in [0.25, 0.3) is 0 Å². The summed E-state index contributed by atoms with van der Waals surface area (Å²) in [6.07, 6.45) is 13.7. The van der Waals surface area contributed by atoms with Crippen molar-refractivity contribution in [2.24, 2.45) is 40.9 Å². The van der Waals surface area contributed by atoms with E-state index in [1.165, 1.54) is 68.9 Å². The van der Waals surface area contributed by atoms with Crippen molar-refractivity contribution >= 4 is 10.1 Å². The van der Waals surface area contributed by atoms with Crippen LogP contribution in [0.5, 0.6) is 0 Å². The van der Waals surface area contributed by atoms with Crippen LogP contribution in [-0.2, 0) is 10.1 Å². The maximum atomic E-state index is 12.5. The van der Waals surface area contributed by atoms with Crippen molar-refractivity contribution in [3.63, 3.8) is 0 Å². The molecule has 0 aromatic rings. The molecule has 0 heterocycles. The van der Waals surface area contributed by atoms with Gasteiger partial charge >= 0.3 is 0 Å². The normalized spacial score (nSPS) is 53.6. The first-order valence-electron chi connectivity index (χ1n) is 10.7. The molecule has 0 amide bonds. The highest BCUT2D eigenvalue weighted by atomic mass is 32.2. The van der Waals surface area contributed by atoms with Crippen LogP contribution in [0.2, 0.25) is 0 Å². The van der Waals surface area contributed by atoms with Crippen LogP contribution < -0.4 is 0 Å². The Bertz CT molecular complexity index is 753. The van der Waals surface area contributed by atoms with E-state index in [1.54, 1.807) is 0 Å². The molecule has 6 saturated carbocycles. The molecule has 0 saturated heterocycles. The summed E-state index contributed by atoms with van der Waals surface area (Å²) in [6, 6.07) is 0. The zero-order valence-electron chi connectivity index (χ0n) is 15.0. The molecule has 1 N–H and O–H groups in total. The molecule has 0 radical (unpaired) electrons. The second-order valence-electron chi connectivity index (χ2n) is 10.1. The van der Waals surface area contributed by atoms with Crippen molar-refractivity contribution in [1.29, 1.82) is 0 Å². The predicted molar refractivity (Wildman–Crippen MR) is 96.5 cm³/mol. The van der Waals surface area contributed by atoms with Gasteiger partial charge in [0, 0.05) is 0 Å². The molecule has 9 rings (SSSR count). The fraction of sp³-hybridized carbons (Fsp3) is 0.905. The van der Waals surface area contributed by atoms with Crippen molar-refractivity contribution < 1.29 is 13.0 Å². The highest BCUT2D eigenvalue weighted by molar-refractivity contribution is 7.86. The van der Waals surface area contributed by atoms with E-state index in [-0.39, 0.29) is 5.41 Å². The fourth-order valence-electron chi connectivity index (χ4n) is 9.27. The van der Waals surface area contributed by atoms with Gasteiger partial charge in [-0.15, -0.1) is 0 Å². The van der Waals surface area contributed by atoms with Gasteiger partial charge in [-0.1, -0.05) is 18.4 Å². The van der Waals surface area contributed by atoms with Crippen molar-refractivity contribution in [1.82, 2.24) is 0 Å². The third-order valence-corrected chi connectivity index (χ3v) is 10.9. The van der Waals surface area contributed by atoms with E-state index in [4.69, 9.17) is 0 Å². The van der Waals surface area contributed by atoms with Gasteiger partial charge in [0.2, 0.25) is 0 Å². The van der Waals surface area contributed by atoms with E-state index in [0.29, 0.717) is 23.7 Å². The van der Waals surface area contributed by atoms with E-state index in [1.807, 2.05) is 0 Å². The van der Waals surface area contributed by atoms with E-state index in [0.717, 1.165) is 24.7 Å². The highest BCUT2D eigenvalue weighted by Crippen LogP contribution is 2.72. The van der Waals surface area contributed by atoms with Crippen LogP contribution in [0.1, 0.15) is 70.6 Å². The molecule has 0 aromatic carbocycles. The average molecular weight is 363 g/mol. The molecule has 4 heteroatoms. The summed E-state index contributed by atoms with van der Waals surface area (Å²) >= 11 is 0. The lowest BCUT2D eigenvalue weighted by Crippen LogP contribution is -2.60. The van der Waals surface area contributed by atoms with Gasteiger partial charge in [0.25, 0.3) is 10.1 Å². The third kappa shape index (κ3) is 1.84. The number of allylic oxidation sites excluding steroid dienone is 1. The lowest BCUT2D eigenvalue weighted by molar-refractivity contribution is -0.102. The molecule has 8 atom stereocenters. The van der Waals surface area contributed by atoms with Crippen LogP contribution in [-0.4, -0.2) is 18.2 Å². The molecule has 25 heavy (non-hydrogen) atoms. The van der Waals surface area contributed by atoms with Crippen LogP contribution in [0.4, 0.5) is 0 Å². The minimum atomic E-state index is -3.98.